The van der Waals surface area contributed by atoms with E-state index in [1.54, 1.807) is 0 Å². The van der Waals surface area contributed by atoms with Crippen LogP contribution < -0.4 is 0 Å². The lowest BCUT2D eigenvalue weighted by Gasteiger charge is -2.04. The second-order valence-corrected chi connectivity index (χ2v) is 2.99. The van der Waals surface area contributed by atoms with Crippen molar-refractivity contribution >= 4 is 47.1 Å². The van der Waals surface area contributed by atoms with E-state index in [2.05, 4.69) is 12.6 Å². The number of carbonyl (C=O) groups excluding carboxylic acids is 1. The van der Waals surface area contributed by atoms with Crippen LogP contribution in [0.2, 0.25) is 0 Å². The van der Waals surface area contributed by atoms with Crippen LogP contribution in [0.4, 0.5) is 0 Å². The highest BCUT2D eigenvalue weighted by molar-refractivity contribution is 7.90. The molecule has 0 heterocycles. The van der Waals surface area contributed by atoms with Gasteiger partial charge in [-0.3, -0.25) is 4.79 Å². The Balaban J connectivity index is 3.12. The minimum Gasteiger partial charge on any atom is -0.288 e. The molecule has 0 saturated heterocycles. The quantitative estimate of drug-likeness (QED) is 0.464. The van der Waals surface area contributed by atoms with E-state index in [1.807, 2.05) is 0 Å². The molecule has 0 bridgehead atoms. The molecule has 4 heteroatoms. The zero-order chi connectivity index (χ0) is 7.72. The molecule has 0 aromatic carbocycles. The van der Waals surface area contributed by atoms with E-state index in [1.165, 1.54) is 12.2 Å². The fraction of sp³-hybridized carbons (Fsp3) is 0. The molecule has 0 atom stereocenters. The fourth-order valence-electron chi connectivity index (χ4n) is 0.528. The van der Waals surface area contributed by atoms with Crippen LogP contribution in [0.3, 0.4) is 0 Å². The van der Waals surface area contributed by atoms with Gasteiger partial charge in [0.2, 0.25) is 0 Å². The van der Waals surface area contributed by atoms with Gasteiger partial charge in [0.25, 0.3) is 0 Å². The molecule has 0 aromatic heterocycles. The van der Waals surface area contributed by atoms with Crippen LogP contribution in [0.1, 0.15) is 0 Å². The molecular weight excluding hydrogens is 188 g/mol. The summed E-state index contributed by atoms with van der Waals surface area (Å²) in [6.07, 6.45) is 2.86. The SMILES string of the molecule is O=C1C=CC(=S)C(S)=C1Cl. The van der Waals surface area contributed by atoms with Gasteiger partial charge in [-0.1, -0.05) is 23.8 Å². The first-order valence-electron chi connectivity index (χ1n) is 2.48. The van der Waals surface area contributed by atoms with Gasteiger partial charge in [-0.15, -0.1) is 12.6 Å². The summed E-state index contributed by atoms with van der Waals surface area (Å²) in [5.41, 5.74) is 0. The van der Waals surface area contributed by atoms with E-state index in [4.69, 9.17) is 23.8 Å². The molecule has 0 spiro atoms. The van der Waals surface area contributed by atoms with Crippen molar-refractivity contribution in [2.75, 3.05) is 0 Å². The summed E-state index contributed by atoms with van der Waals surface area (Å²) in [7, 11) is 0. The number of hydrogen-bond donors (Lipinski definition) is 1. The number of ketones is 1. The molecule has 1 rings (SSSR count). The first kappa shape index (κ1) is 7.98. The highest BCUT2D eigenvalue weighted by Crippen LogP contribution is 2.21. The second-order valence-electron chi connectivity index (χ2n) is 1.72. The molecule has 52 valence electrons. The summed E-state index contributed by atoms with van der Waals surface area (Å²) in [5, 5.41) is 0.107. The van der Waals surface area contributed by atoms with Crippen LogP contribution in [-0.4, -0.2) is 10.6 Å². The van der Waals surface area contributed by atoms with E-state index >= 15 is 0 Å². The molecule has 1 aliphatic carbocycles. The van der Waals surface area contributed by atoms with Crippen LogP contribution >= 0.6 is 36.4 Å². The number of hydrogen-bond acceptors (Lipinski definition) is 3. The molecule has 0 saturated carbocycles. The third-order valence-corrected chi connectivity index (χ3v) is 2.51. The third-order valence-electron chi connectivity index (χ3n) is 1.04. The van der Waals surface area contributed by atoms with Gasteiger partial charge in [0, 0.05) is 4.91 Å². The van der Waals surface area contributed by atoms with E-state index in [0.29, 0.717) is 9.77 Å². The van der Waals surface area contributed by atoms with Gasteiger partial charge in [0.05, 0.1) is 4.86 Å². The summed E-state index contributed by atoms with van der Waals surface area (Å²) >= 11 is 14.3. The number of carbonyl (C=O) groups is 1. The minimum atomic E-state index is -0.236. The number of allylic oxidation sites excluding steroid dienone is 4. The number of halogens is 1. The molecule has 0 radical (unpaired) electrons. The van der Waals surface area contributed by atoms with Gasteiger partial charge >= 0.3 is 0 Å². The molecule has 0 fully saturated rings. The average Bonchev–Trinajstić information content (AvgIpc) is 1.93. The fourth-order valence-corrected chi connectivity index (χ4v) is 1.10. The van der Waals surface area contributed by atoms with Gasteiger partial charge < -0.3 is 0 Å². The first-order chi connectivity index (χ1) is 4.63. The third kappa shape index (κ3) is 1.31. The van der Waals surface area contributed by atoms with E-state index in [0.717, 1.165) is 0 Å². The summed E-state index contributed by atoms with van der Waals surface area (Å²) in [6.45, 7) is 0. The topological polar surface area (TPSA) is 17.1 Å². The van der Waals surface area contributed by atoms with Crippen LogP contribution in [0.15, 0.2) is 22.1 Å². The lowest BCUT2D eigenvalue weighted by Crippen LogP contribution is -2.05. The lowest BCUT2D eigenvalue weighted by molar-refractivity contribution is -0.110. The Labute approximate surface area is 74.2 Å². The summed E-state index contributed by atoms with van der Waals surface area (Å²) in [6, 6.07) is 0. The van der Waals surface area contributed by atoms with Crippen molar-refractivity contribution < 1.29 is 4.79 Å². The number of thiol groups is 1. The highest BCUT2D eigenvalue weighted by atomic mass is 35.5. The van der Waals surface area contributed by atoms with Crippen molar-refractivity contribution in [3.05, 3.63) is 22.1 Å². The summed E-state index contributed by atoms with van der Waals surface area (Å²) in [4.78, 5) is 11.7. The van der Waals surface area contributed by atoms with Gasteiger partial charge in [-0.25, -0.2) is 0 Å². The summed E-state index contributed by atoms with van der Waals surface area (Å²) < 4.78 is 0. The zero-order valence-electron chi connectivity index (χ0n) is 4.80. The van der Waals surface area contributed by atoms with Crippen molar-refractivity contribution in [2.45, 2.75) is 0 Å². The average molecular weight is 191 g/mol. The Morgan fingerprint density at radius 2 is 2.10 bits per heavy atom. The van der Waals surface area contributed by atoms with Crippen LogP contribution in [0.5, 0.6) is 0 Å². The van der Waals surface area contributed by atoms with Crippen molar-refractivity contribution in [3.63, 3.8) is 0 Å². The van der Waals surface area contributed by atoms with Crippen LogP contribution in [-0.2, 0) is 4.79 Å². The second kappa shape index (κ2) is 2.86. The maximum Gasteiger partial charge on any atom is 0.198 e. The Morgan fingerprint density at radius 1 is 1.50 bits per heavy atom. The van der Waals surface area contributed by atoms with Gasteiger partial charge in [0.1, 0.15) is 5.03 Å². The predicted octanol–water partition coefficient (Wildman–Crippen LogP) is 1.88. The van der Waals surface area contributed by atoms with E-state index in [9.17, 15) is 4.79 Å². The molecule has 1 aliphatic rings. The minimum absolute atomic E-state index is 0.107. The van der Waals surface area contributed by atoms with Crippen molar-refractivity contribution in [3.8, 4) is 0 Å². The maximum absolute atomic E-state index is 10.8. The maximum atomic E-state index is 10.8. The van der Waals surface area contributed by atoms with E-state index < -0.39 is 0 Å². The highest BCUT2D eigenvalue weighted by Gasteiger charge is 2.14. The summed E-state index contributed by atoms with van der Waals surface area (Å²) in [5.74, 6) is -0.236. The van der Waals surface area contributed by atoms with Crippen molar-refractivity contribution in [2.24, 2.45) is 0 Å². The molecule has 0 aliphatic heterocycles. The largest absolute Gasteiger partial charge is 0.288 e. The monoisotopic (exact) mass is 190 g/mol. The lowest BCUT2D eigenvalue weighted by atomic mass is 10.2. The molecule has 0 unspecified atom stereocenters. The van der Waals surface area contributed by atoms with E-state index in [-0.39, 0.29) is 10.8 Å². The van der Waals surface area contributed by atoms with Gasteiger partial charge in [-0.2, -0.15) is 0 Å². The van der Waals surface area contributed by atoms with Crippen LogP contribution in [0.25, 0.3) is 0 Å². The Morgan fingerprint density at radius 3 is 2.60 bits per heavy atom. The standard InChI is InChI=1S/C6H3ClOS2/c7-5-3(8)1-2-4(9)6(5)10/h1-2,10H. The Bertz CT molecular complexity index is 239. The molecular formula is C6H3ClOS2. The molecule has 10 heavy (non-hydrogen) atoms. The molecule has 0 N–H and O–H groups in total. The predicted molar refractivity (Wildman–Crippen MR) is 48.6 cm³/mol. The number of thiocarbonyl (C=S) groups is 1. The molecule has 1 nitrogen and oxygen atoms in total. The smallest absolute Gasteiger partial charge is 0.198 e. The van der Waals surface area contributed by atoms with Gasteiger partial charge in [-0.05, 0) is 12.2 Å². The first-order valence-corrected chi connectivity index (χ1v) is 3.71. The molecule has 0 aromatic rings. The Kier molecular flexibility index (Phi) is 2.28. The van der Waals surface area contributed by atoms with Crippen LogP contribution in [0, 0.1) is 0 Å². The zero-order valence-corrected chi connectivity index (χ0v) is 7.26. The van der Waals surface area contributed by atoms with Crippen molar-refractivity contribution in [1.82, 2.24) is 0 Å². The number of rotatable bonds is 0. The molecule has 0 amide bonds. The van der Waals surface area contributed by atoms with Crippen molar-refractivity contribution in [1.29, 1.82) is 0 Å². The Hall–Kier alpha value is -0.120. The normalized spacial score (nSPS) is 18.6. The van der Waals surface area contributed by atoms with Gasteiger partial charge in [0.15, 0.2) is 5.78 Å².